The van der Waals surface area contributed by atoms with E-state index in [0.29, 0.717) is 6.61 Å². The number of halogens is 2. The third-order valence-corrected chi connectivity index (χ3v) is 4.76. The second-order valence-electron chi connectivity index (χ2n) is 5.94. The van der Waals surface area contributed by atoms with Gasteiger partial charge in [0.1, 0.15) is 0 Å². The van der Waals surface area contributed by atoms with Crippen LogP contribution in [0.3, 0.4) is 0 Å². The SMILES string of the molecule is O=C1[C@@H]2CC(F)(F)C[C@@H]2[C@H]2COC(c3ccccc3)N12. The van der Waals surface area contributed by atoms with E-state index in [4.69, 9.17) is 4.74 Å². The topological polar surface area (TPSA) is 29.5 Å². The predicted octanol–water partition coefficient (Wildman–Crippen LogP) is 2.59. The first kappa shape index (κ1) is 12.3. The van der Waals surface area contributed by atoms with E-state index in [1.54, 1.807) is 4.90 Å². The molecule has 4 atom stereocenters. The maximum Gasteiger partial charge on any atom is 0.249 e. The van der Waals surface area contributed by atoms with Crippen molar-refractivity contribution in [1.82, 2.24) is 4.90 Å². The van der Waals surface area contributed by atoms with Gasteiger partial charge in [-0.1, -0.05) is 30.3 Å². The summed E-state index contributed by atoms with van der Waals surface area (Å²) < 4.78 is 32.7. The number of rotatable bonds is 1. The monoisotopic (exact) mass is 279 g/mol. The number of alkyl halides is 2. The lowest BCUT2D eigenvalue weighted by molar-refractivity contribution is -0.139. The molecule has 1 aromatic carbocycles. The minimum Gasteiger partial charge on any atom is -0.352 e. The number of fused-ring (bicyclic) bond motifs is 3. The number of hydrogen-bond acceptors (Lipinski definition) is 2. The number of benzene rings is 1. The van der Waals surface area contributed by atoms with Gasteiger partial charge in [-0.25, -0.2) is 8.78 Å². The molecule has 20 heavy (non-hydrogen) atoms. The molecule has 106 valence electrons. The number of nitrogens with zero attached hydrogens (tertiary/aromatic N) is 1. The zero-order chi connectivity index (χ0) is 13.9. The van der Waals surface area contributed by atoms with Crippen LogP contribution in [0.15, 0.2) is 30.3 Å². The second-order valence-corrected chi connectivity index (χ2v) is 5.94. The Morgan fingerprint density at radius 2 is 1.95 bits per heavy atom. The average Bonchev–Trinajstić information content (AvgIpc) is 3.04. The van der Waals surface area contributed by atoms with Gasteiger partial charge in [0.15, 0.2) is 6.23 Å². The molecule has 1 aromatic rings. The highest BCUT2D eigenvalue weighted by Crippen LogP contribution is 2.54. The number of amides is 1. The van der Waals surface area contributed by atoms with Gasteiger partial charge < -0.3 is 9.64 Å². The van der Waals surface area contributed by atoms with Crippen LogP contribution < -0.4 is 0 Å². The molecule has 0 aromatic heterocycles. The van der Waals surface area contributed by atoms with Crippen molar-refractivity contribution >= 4 is 5.91 Å². The molecule has 0 bridgehead atoms. The van der Waals surface area contributed by atoms with E-state index in [1.807, 2.05) is 30.3 Å². The first-order valence-corrected chi connectivity index (χ1v) is 6.93. The lowest BCUT2D eigenvalue weighted by atomic mass is 9.94. The highest BCUT2D eigenvalue weighted by Gasteiger charge is 2.62. The summed E-state index contributed by atoms with van der Waals surface area (Å²) in [4.78, 5) is 14.1. The summed E-state index contributed by atoms with van der Waals surface area (Å²) in [6.07, 6.45) is -0.895. The highest BCUT2D eigenvalue weighted by molar-refractivity contribution is 5.83. The van der Waals surface area contributed by atoms with Crippen LogP contribution in [-0.2, 0) is 9.53 Å². The Balaban J connectivity index is 1.65. The zero-order valence-corrected chi connectivity index (χ0v) is 10.8. The molecule has 4 rings (SSSR count). The smallest absolute Gasteiger partial charge is 0.249 e. The van der Waals surface area contributed by atoms with Gasteiger partial charge in [-0.05, 0) is 5.92 Å². The largest absolute Gasteiger partial charge is 0.352 e. The summed E-state index contributed by atoms with van der Waals surface area (Å²) in [5.41, 5.74) is 0.912. The van der Waals surface area contributed by atoms with Crippen LogP contribution >= 0.6 is 0 Å². The van der Waals surface area contributed by atoms with Crippen LogP contribution in [0, 0.1) is 11.8 Å². The Morgan fingerprint density at radius 1 is 1.20 bits per heavy atom. The summed E-state index contributed by atoms with van der Waals surface area (Å²) in [7, 11) is 0. The fourth-order valence-corrected chi connectivity index (χ4v) is 3.92. The van der Waals surface area contributed by atoms with Crippen molar-refractivity contribution in [3.05, 3.63) is 35.9 Å². The molecule has 1 amide bonds. The fraction of sp³-hybridized carbons (Fsp3) is 0.533. The molecule has 0 N–H and O–H groups in total. The van der Waals surface area contributed by atoms with Crippen molar-refractivity contribution in [2.45, 2.75) is 31.0 Å². The number of carbonyl (C=O) groups is 1. The van der Waals surface area contributed by atoms with E-state index in [9.17, 15) is 13.6 Å². The van der Waals surface area contributed by atoms with Gasteiger partial charge in [-0.3, -0.25) is 4.79 Å². The molecular weight excluding hydrogens is 264 g/mol. The first-order chi connectivity index (χ1) is 9.57. The maximum atomic E-state index is 13.5. The van der Waals surface area contributed by atoms with Gasteiger partial charge in [0.25, 0.3) is 0 Å². The van der Waals surface area contributed by atoms with Gasteiger partial charge in [-0.15, -0.1) is 0 Å². The molecule has 0 spiro atoms. The molecule has 0 radical (unpaired) electrons. The zero-order valence-electron chi connectivity index (χ0n) is 10.8. The van der Waals surface area contributed by atoms with Crippen LogP contribution in [0.4, 0.5) is 8.78 Å². The Kier molecular flexibility index (Phi) is 2.46. The lowest BCUT2D eigenvalue weighted by Crippen LogP contribution is -2.35. The molecule has 1 saturated carbocycles. The molecule has 2 heterocycles. The number of carbonyl (C=O) groups excluding carboxylic acids is 1. The van der Waals surface area contributed by atoms with Crippen LogP contribution in [-0.4, -0.2) is 29.4 Å². The molecular formula is C15H15F2NO2. The summed E-state index contributed by atoms with van der Waals surface area (Å²) in [6.45, 7) is 0.364. The summed E-state index contributed by atoms with van der Waals surface area (Å²) in [5.74, 6) is -3.64. The average molecular weight is 279 g/mol. The normalized spacial score (nSPS) is 38.1. The van der Waals surface area contributed by atoms with Crippen molar-refractivity contribution in [2.24, 2.45) is 11.8 Å². The summed E-state index contributed by atoms with van der Waals surface area (Å²) >= 11 is 0. The van der Waals surface area contributed by atoms with E-state index in [2.05, 4.69) is 0 Å². The molecule has 3 nitrogen and oxygen atoms in total. The quantitative estimate of drug-likeness (QED) is 0.791. The molecule has 3 fully saturated rings. The van der Waals surface area contributed by atoms with E-state index in [0.717, 1.165) is 5.56 Å². The van der Waals surface area contributed by atoms with Gasteiger partial charge in [0.2, 0.25) is 11.8 Å². The lowest BCUT2D eigenvalue weighted by Gasteiger charge is -2.25. The molecule has 5 heteroatoms. The summed E-state index contributed by atoms with van der Waals surface area (Å²) in [6, 6.07) is 9.30. The molecule has 2 saturated heterocycles. The van der Waals surface area contributed by atoms with Crippen molar-refractivity contribution in [3.8, 4) is 0 Å². The van der Waals surface area contributed by atoms with Crippen LogP contribution in [0.2, 0.25) is 0 Å². The second kappa shape index (κ2) is 4.01. The first-order valence-electron chi connectivity index (χ1n) is 6.93. The number of hydrogen-bond donors (Lipinski definition) is 0. The van der Waals surface area contributed by atoms with Crippen molar-refractivity contribution in [3.63, 3.8) is 0 Å². The standard InChI is InChI=1S/C15H15F2NO2/c16-15(17)6-10-11(7-15)13(19)18-12(10)8-20-14(18)9-4-2-1-3-5-9/h1-5,10-12,14H,6-8H2/t10-,11+,12+,14?/m0/s1. The Hall–Kier alpha value is -1.49. The summed E-state index contributed by atoms with van der Waals surface area (Å²) in [5, 5.41) is 0. The Labute approximate surface area is 115 Å². The third kappa shape index (κ3) is 1.62. The highest BCUT2D eigenvalue weighted by atomic mass is 19.3. The Bertz CT molecular complexity index is 548. The van der Waals surface area contributed by atoms with E-state index >= 15 is 0 Å². The Morgan fingerprint density at radius 3 is 2.70 bits per heavy atom. The van der Waals surface area contributed by atoms with Crippen LogP contribution in [0.25, 0.3) is 0 Å². The predicted molar refractivity (Wildman–Crippen MR) is 66.9 cm³/mol. The van der Waals surface area contributed by atoms with Gasteiger partial charge >= 0.3 is 0 Å². The van der Waals surface area contributed by atoms with Crippen molar-refractivity contribution < 1.29 is 18.3 Å². The number of ether oxygens (including phenoxy) is 1. The minimum absolute atomic E-state index is 0.163. The van der Waals surface area contributed by atoms with Gasteiger partial charge in [-0.2, -0.15) is 0 Å². The molecule has 3 aliphatic rings. The molecule has 1 unspecified atom stereocenters. The van der Waals surface area contributed by atoms with Crippen LogP contribution in [0.1, 0.15) is 24.6 Å². The minimum atomic E-state index is -2.69. The van der Waals surface area contributed by atoms with E-state index in [1.165, 1.54) is 0 Å². The van der Waals surface area contributed by atoms with E-state index in [-0.39, 0.29) is 30.7 Å². The van der Waals surface area contributed by atoms with E-state index < -0.39 is 18.1 Å². The van der Waals surface area contributed by atoms with Crippen molar-refractivity contribution in [1.29, 1.82) is 0 Å². The maximum absolute atomic E-state index is 13.5. The molecule has 2 aliphatic heterocycles. The van der Waals surface area contributed by atoms with Gasteiger partial charge in [0.05, 0.1) is 12.6 Å². The fourth-order valence-electron chi connectivity index (χ4n) is 3.92. The third-order valence-electron chi connectivity index (χ3n) is 4.76. The van der Waals surface area contributed by atoms with Gasteiger partial charge in [0, 0.05) is 24.3 Å². The van der Waals surface area contributed by atoms with Crippen molar-refractivity contribution in [2.75, 3.05) is 6.61 Å². The van der Waals surface area contributed by atoms with Crippen LogP contribution in [0.5, 0.6) is 0 Å². The molecule has 1 aliphatic carbocycles.